The average Bonchev–Trinajstić information content (AvgIpc) is 3.23. The number of nitrogens with one attached hydrogen (secondary N) is 1. The maximum atomic E-state index is 12.9. The number of hydrogen-bond acceptors (Lipinski definition) is 3. The molecule has 1 aliphatic heterocycles. The number of benzene rings is 1. The highest BCUT2D eigenvalue weighted by molar-refractivity contribution is 7.20. The topological polar surface area (TPSA) is 42.6 Å². The first kappa shape index (κ1) is 17.5. The molecule has 3 aromatic rings. The first-order valence-corrected chi connectivity index (χ1v) is 10.1. The molecule has 1 fully saturated rings. The zero-order valence-corrected chi connectivity index (χ0v) is 16.5. The van der Waals surface area contributed by atoms with Gasteiger partial charge in [-0.1, -0.05) is 11.6 Å². The number of halogens is 1. The molecule has 0 unspecified atom stereocenters. The number of amides is 1. The van der Waals surface area contributed by atoms with Gasteiger partial charge >= 0.3 is 0 Å². The number of aromatic nitrogens is 2. The summed E-state index contributed by atoms with van der Waals surface area (Å²) in [7, 11) is 0. The molecular weight excluding hydrogens is 368 g/mol. The summed E-state index contributed by atoms with van der Waals surface area (Å²) < 4.78 is 1.90. The van der Waals surface area contributed by atoms with Gasteiger partial charge < -0.3 is 9.80 Å². The minimum absolute atomic E-state index is 0.142. The Balaban J connectivity index is 1.65. The predicted molar refractivity (Wildman–Crippen MR) is 106 cm³/mol. The third-order valence-electron chi connectivity index (χ3n) is 5.08. The molecule has 0 spiro atoms. The van der Waals surface area contributed by atoms with Crippen molar-refractivity contribution in [3.8, 4) is 5.69 Å². The summed E-state index contributed by atoms with van der Waals surface area (Å²) in [5.41, 5.74) is 1.89. The van der Waals surface area contributed by atoms with Crippen LogP contribution in [0, 0.1) is 6.92 Å². The van der Waals surface area contributed by atoms with Crippen LogP contribution in [0.2, 0.25) is 5.02 Å². The summed E-state index contributed by atoms with van der Waals surface area (Å²) in [6.07, 6.45) is 0. The van der Waals surface area contributed by atoms with Crippen molar-refractivity contribution >= 4 is 39.1 Å². The van der Waals surface area contributed by atoms with Crippen molar-refractivity contribution in [3.05, 3.63) is 45.9 Å². The second-order valence-corrected chi connectivity index (χ2v) is 8.17. The van der Waals surface area contributed by atoms with Gasteiger partial charge in [0.05, 0.1) is 49.0 Å². The van der Waals surface area contributed by atoms with Crippen LogP contribution in [-0.4, -0.2) is 53.3 Å². The molecule has 7 heteroatoms. The summed E-state index contributed by atoms with van der Waals surface area (Å²) in [5, 5.41) is 6.39. The third kappa shape index (κ3) is 3.13. The van der Waals surface area contributed by atoms with Gasteiger partial charge in [-0.15, -0.1) is 11.3 Å². The lowest BCUT2D eigenvalue weighted by Crippen LogP contribution is -3.14. The third-order valence-corrected chi connectivity index (χ3v) is 6.43. The van der Waals surface area contributed by atoms with Crippen LogP contribution in [0.5, 0.6) is 0 Å². The summed E-state index contributed by atoms with van der Waals surface area (Å²) in [6.45, 7) is 9.04. The molecule has 0 aliphatic carbocycles. The van der Waals surface area contributed by atoms with Crippen LogP contribution in [0.4, 0.5) is 0 Å². The van der Waals surface area contributed by atoms with Gasteiger partial charge in [0.25, 0.3) is 5.91 Å². The Morgan fingerprint density at radius 1 is 1.27 bits per heavy atom. The van der Waals surface area contributed by atoms with Crippen LogP contribution in [0.1, 0.15) is 22.3 Å². The van der Waals surface area contributed by atoms with Crippen LogP contribution in [0.15, 0.2) is 30.3 Å². The molecule has 1 saturated heterocycles. The Kier molecular flexibility index (Phi) is 4.73. The van der Waals surface area contributed by atoms with Crippen LogP contribution in [0.25, 0.3) is 15.9 Å². The van der Waals surface area contributed by atoms with Gasteiger partial charge in [-0.3, -0.25) is 4.79 Å². The Morgan fingerprint density at radius 2 is 1.96 bits per heavy atom. The molecule has 3 heterocycles. The van der Waals surface area contributed by atoms with Gasteiger partial charge in [0.2, 0.25) is 0 Å². The van der Waals surface area contributed by atoms with Crippen molar-refractivity contribution in [1.82, 2.24) is 14.7 Å². The van der Waals surface area contributed by atoms with Gasteiger partial charge in [0.1, 0.15) is 4.83 Å². The van der Waals surface area contributed by atoms with E-state index >= 15 is 0 Å². The summed E-state index contributed by atoms with van der Waals surface area (Å²) in [6, 6.07) is 9.60. The van der Waals surface area contributed by atoms with Crippen molar-refractivity contribution in [2.75, 3.05) is 32.7 Å². The quantitative estimate of drug-likeness (QED) is 0.747. The van der Waals surface area contributed by atoms with E-state index in [-0.39, 0.29) is 5.91 Å². The second kappa shape index (κ2) is 7.02. The fourth-order valence-corrected chi connectivity index (χ4v) is 4.72. The minimum Gasteiger partial charge on any atom is -0.332 e. The normalized spacial score (nSPS) is 15.7. The van der Waals surface area contributed by atoms with Crippen molar-refractivity contribution in [3.63, 3.8) is 0 Å². The SMILES string of the molecule is CC[NH+]1CCN(C(=O)c2cc3c(C)nn(-c4ccc(Cl)cc4)c3s2)CC1. The van der Waals surface area contributed by atoms with Gasteiger partial charge in [-0.05, 0) is 44.2 Å². The highest BCUT2D eigenvalue weighted by Crippen LogP contribution is 2.31. The van der Waals surface area contributed by atoms with Crippen LogP contribution in [-0.2, 0) is 0 Å². The van der Waals surface area contributed by atoms with Gasteiger partial charge in [0, 0.05) is 10.4 Å². The maximum Gasteiger partial charge on any atom is 0.264 e. The van der Waals surface area contributed by atoms with Crippen molar-refractivity contribution < 1.29 is 9.69 Å². The van der Waals surface area contributed by atoms with Crippen molar-refractivity contribution in [2.45, 2.75) is 13.8 Å². The van der Waals surface area contributed by atoms with E-state index in [2.05, 4.69) is 12.0 Å². The van der Waals surface area contributed by atoms with E-state index < -0.39 is 0 Å². The van der Waals surface area contributed by atoms with E-state index in [0.717, 1.165) is 59.2 Å². The summed E-state index contributed by atoms with van der Waals surface area (Å²) >= 11 is 7.52. The lowest BCUT2D eigenvalue weighted by molar-refractivity contribution is -0.902. The van der Waals surface area contributed by atoms with Gasteiger partial charge in [-0.2, -0.15) is 5.10 Å². The van der Waals surface area contributed by atoms with E-state index in [1.807, 2.05) is 46.8 Å². The number of carbonyl (C=O) groups excluding carboxylic acids is 1. The number of carbonyl (C=O) groups is 1. The summed E-state index contributed by atoms with van der Waals surface area (Å²) in [5.74, 6) is 0.142. The van der Waals surface area contributed by atoms with E-state index in [9.17, 15) is 4.79 Å². The molecule has 26 heavy (non-hydrogen) atoms. The van der Waals surface area contributed by atoms with Gasteiger partial charge in [0.15, 0.2) is 0 Å². The molecule has 1 amide bonds. The first-order chi connectivity index (χ1) is 12.6. The largest absolute Gasteiger partial charge is 0.332 e. The fraction of sp³-hybridized carbons (Fsp3) is 0.368. The number of hydrogen-bond donors (Lipinski definition) is 1. The molecular formula is C19H22ClN4OS+. The molecule has 1 aromatic carbocycles. The highest BCUT2D eigenvalue weighted by atomic mass is 35.5. The van der Waals surface area contributed by atoms with E-state index in [0.29, 0.717) is 5.02 Å². The Morgan fingerprint density at radius 3 is 2.62 bits per heavy atom. The van der Waals surface area contributed by atoms with Crippen LogP contribution >= 0.6 is 22.9 Å². The maximum absolute atomic E-state index is 12.9. The number of likely N-dealkylation sites (N-methyl/N-ethyl adjacent to an activating group) is 1. The first-order valence-electron chi connectivity index (χ1n) is 8.94. The molecule has 0 saturated carbocycles. The number of aryl methyl sites for hydroxylation is 1. The predicted octanol–water partition coefficient (Wildman–Crippen LogP) is 2.41. The number of quaternary nitrogens is 1. The van der Waals surface area contributed by atoms with Crippen molar-refractivity contribution in [1.29, 1.82) is 0 Å². The Labute approximate surface area is 161 Å². The molecule has 0 bridgehead atoms. The molecule has 4 rings (SSSR count). The molecule has 136 valence electrons. The monoisotopic (exact) mass is 389 g/mol. The number of rotatable bonds is 3. The lowest BCUT2D eigenvalue weighted by Gasteiger charge is -2.31. The molecule has 2 aromatic heterocycles. The molecule has 0 atom stereocenters. The molecule has 1 N–H and O–H groups in total. The van der Waals surface area contributed by atoms with E-state index in [1.165, 1.54) is 11.3 Å². The van der Waals surface area contributed by atoms with Gasteiger partial charge in [-0.25, -0.2) is 4.68 Å². The second-order valence-electron chi connectivity index (χ2n) is 6.70. The number of piperazine rings is 1. The van der Waals surface area contributed by atoms with Crippen LogP contribution in [0.3, 0.4) is 0 Å². The zero-order chi connectivity index (χ0) is 18.3. The Hall–Kier alpha value is -1.89. The number of nitrogens with zero attached hydrogens (tertiary/aromatic N) is 3. The number of fused-ring (bicyclic) bond motifs is 1. The lowest BCUT2D eigenvalue weighted by atomic mass is 10.2. The zero-order valence-electron chi connectivity index (χ0n) is 15.0. The standard InChI is InChI=1S/C19H21ClN4OS/c1-3-22-8-10-23(11-9-22)18(25)17-12-16-13(2)21-24(19(16)26-17)15-6-4-14(20)5-7-15/h4-7,12H,3,8-11H2,1-2H3/p+1. The minimum atomic E-state index is 0.142. The molecule has 0 radical (unpaired) electrons. The number of thiophene rings is 1. The average molecular weight is 390 g/mol. The van der Waals surface area contributed by atoms with Crippen LogP contribution < -0.4 is 4.90 Å². The fourth-order valence-electron chi connectivity index (χ4n) is 3.45. The Bertz CT molecular complexity index is 939. The molecule has 5 nitrogen and oxygen atoms in total. The van der Waals surface area contributed by atoms with E-state index in [1.54, 1.807) is 4.90 Å². The van der Waals surface area contributed by atoms with E-state index in [4.69, 9.17) is 11.6 Å². The summed E-state index contributed by atoms with van der Waals surface area (Å²) in [4.78, 5) is 18.3. The highest BCUT2D eigenvalue weighted by Gasteiger charge is 2.26. The van der Waals surface area contributed by atoms with Crippen molar-refractivity contribution in [2.24, 2.45) is 0 Å². The molecule has 1 aliphatic rings. The smallest absolute Gasteiger partial charge is 0.264 e.